The summed E-state index contributed by atoms with van der Waals surface area (Å²) in [5.41, 5.74) is -0.609. The zero-order valence-corrected chi connectivity index (χ0v) is 18.4. The molecule has 0 bridgehead atoms. The van der Waals surface area contributed by atoms with Gasteiger partial charge in [0.15, 0.2) is 5.82 Å². The molecule has 0 spiro atoms. The number of hydrogen-bond acceptors (Lipinski definition) is 8. The van der Waals surface area contributed by atoms with Gasteiger partial charge in [-0.25, -0.2) is 4.98 Å². The maximum Gasteiger partial charge on any atom is 0.433 e. The van der Waals surface area contributed by atoms with Gasteiger partial charge in [0.2, 0.25) is 11.9 Å². The van der Waals surface area contributed by atoms with Crippen LogP contribution in [0.4, 0.5) is 30.8 Å². The van der Waals surface area contributed by atoms with Crippen molar-refractivity contribution < 1.29 is 18.3 Å². The normalized spacial score (nSPS) is 16.8. The molecule has 0 amide bonds. The monoisotopic (exact) mass is 459 g/mol. The van der Waals surface area contributed by atoms with E-state index in [1.807, 2.05) is 24.0 Å². The fourth-order valence-electron chi connectivity index (χ4n) is 3.86. The largest absolute Gasteiger partial charge is 0.433 e. The quantitative estimate of drug-likeness (QED) is 0.587. The van der Waals surface area contributed by atoms with Crippen molar-refractivity contribution in [1.82, 2.24) is 24.9 Å². The molecule has 11 heteroatoms. The predicted octanol–water partition coefficient (Wildman–Crippen LogP) is 4.14. The molecule has 1 fully saturated rings. The van der Waals surface area contributed by atoms with Gasteiger partial charge in [-0.2, -0.15) is 28.1 Å². The van der Waals surface area contributed by atoms with E-state index in [2.05, 4.69) is 30.2 Å². The minimum atomic E-state index is -4.58. The molecule has 1 aliphatic rings. The molecule has 4 rings (SSSR count). The van der Waals surface area contributed by atoms with Gasteiger partial charge in [0.25, 0.3) is 0 Å². The standard InChI is InChI=1S/C22H24F3N7O/c1-13-6-4-7-15(27-13)18-29-19(28-14-9-10-26-16(12-14)22(23,24)25)31-20(30-18)32-11-5-8-17(32)21(2,3)33/h4,6-7,9-10,12,17,33H,5,8,11H2,1-3H3,(H,26,28,29,30,31)/t17-/m1/s1. The van der Waals surface area contributed by atoms with Crippen LogP contribution >= 0.6 is 0 Å². The lowest BCUT2D eigenvalue weighted by molar-refractivity contribution is -0.141. The Kier molecular flexibility index (Phi) is 5.91. The fraction of sp³-hybridized carbons (Fsp3) is 0.409. The van der Waals surface area contributed by atoms with Crippen molar-refractivity contribution in [3.8, 4) is 11.5 Å². The Morgan fingerprint density at radius 2 is 1.88 bits per heavy atom. The first-order valence-corrected chi connectivity index (χ1v) is 10.5. The smallest absolute Gasteiger partial charge is 0.388 e. The molecule has 0 unspecified atom stereocenters. The lowest BCUT2D eigenvalue weighted by Crippen LogP contribution is -2.46. The van der Waals surface area contributed by atoms with Crippen molar-refractivity contribution in [2.75, 3.05) is 16.8 Å². The zero-order valence-electron chi connectivity index (χ0n) is 18.4. The minimum Gasteiger partial charge on any atom is -0.388 e. The van der Waals surface area contributed by atoms with Crippen molar-refractivity contribution in [3.05, 3.63) is 47.9 Å². The van der Waals surface area contributed by atoms with Crippen LogP contribution < -0.4 is 10.2 Å². The van der Waals surface area contributed by atoms with Crippen LogP contribution in [0.25, 0.3) is 11.5 Å². The first-order chi connectivity index (χ1) is 15.5. The third kappa shape index (κ3) is 5.19. The van der Waals surface area contributed by atoms with Crippen LogP contribution in [0.1, 0.15) is 38.1 Å². The maximum atomic E-state index is 13.1. The van der Waals surface area contributed by atoms with E-state index in [9.17, 15) is 18.3 Å². The highest BCUT2D eigenvalue weighted by molar-refractivity contribution is 5.59. The summed E-state index contributed by atoms with van der Waals surface area (Å²) < 4.78 is 39.2. The van der Waals surface area contributed by atoms with E-state index in [1.54, 1.807) is 19.9 Å². The molecule has 2 N–H and O–H groups in total. The van der Waals surface area contributed by atoms with Crippen LogP contribution in [-0.2, 0) is 6.18 Å². The highest BCUT2D eigenvalue weighted by atomic mass is 19.4. The summed E-state index contributed by atoms with van der Waals surface area (Å²) >= 11 is 0. The second-order valence-corrected chi connectivity index (χ2v) is 8.50. The van der Waals surface area contributed by atoms with Gasteiger partial charge in [-0.15, -0.1) is 0 Å². The van der Waals surface area contributed by atoms with E-state index in [1.165, 1.54) is 6.07 Å². The number of aromatic nitrogens is 5. The van der Waals surface area contributed by atoms with Gasteiger partial charge in [-0.05, 0) is 57.9 Å². The number of pyridine rings is 2. The van der Waals surface area contributed by atoms with E-state index >= 15 is 0 Å². The van der Waals surface area contributed by atoms with Crippen LogP contribution in [0.15, 0.2) is 36.5 Å². The number of anilines is 3. The zero-order chi connectivity index (χ0) is 23.8. The number of alkyl halides is 3. The molecule has 8 nitrogen and oxygen atoms in total. The number of halogens is 3. The van der Waals surface area contributed by atoms with E-state index in [-0.39, 0.29) is 23.5 Å². The highest BCUT2D eigenvalue weighted by Gasteiger charge is 2.38. The summed E-state index contributed by atoms with van der Waals surface area (Å²) in [7, 11) is 0. The number of aliphatic hydroxyl groups is 1. The average Bonchev–Trinajstić information content (AvgIpc) is 3.24. The summed E-state index contributed by atoms with van der Waals surface area (Å²) in [6.07, 6.45) is -1.90. The molecule has 174 valence electrons. The molecule has 1 atom stereocenters. The van der Waals surface area contributed by atoms with Gasteiger partial charge < -0.3 is 15.3 Å². The molecule has 3 aromatic heterocycles. The summed E-state index contributed by atoms with van der Waals surface area (Å²) in [5, 5.41) is 13.5. The van der Waals surface area contributed by atoms with Crippen LogP contribution in [0.5, 0.6) is 0 Å². The number of nitrogens with one attached hydrogen (secondary N) is 1. The van der Waals surface area contributed by atoms with Crippen molar-refractivity contribution in [1.29, 1.82) is 0 Å². The van der Waals surface area contributed by atoms with Crippen molar-refractivity contribution >= 4 is 17.6 Å². The van der Waals surface area contributed by atoms with Crippen molar-refractivity contribution in [3.63, 3.8) is 0 Å². The number of aryl methyl sites for hydroxylation is 1. The third-order valence-corrected chi connectivity index (χ3v) is 5.37. The molecule has 1 aliphatic heterocycles. The summed E-state index contributed by atoms with van der Waals surface area (Å²) in [4.78, 5) is 23.2. The molecule has 0 aromatic carbocycles. The van der Waals surface area contributed by atoms with Crippen LogP contribution in [0.2, 0.25) is 0 Å². The van der Waals surface area contributed by atoms with Crippen molar-refractivity contribution in [2.45, 2.75) is 51.4 Å². The second kappa shape index (κ2) is 8.54. The Labute approximate surface area is 189 Å². The maximum absolute atomic E-state index is 13.1. The predicted molar refractivity (Wildman–Crippen MR) is 117 cm³/mol. The first-order valence-electron chi connectivity index (χ1n) is 10.5. The van der Waals surface area contributed by atoms with Crippen LogP contribution in [0, 0.1) is 6.92 Å². The first kappa shape index (κ1) is 22.8. The lowest BCUT2D eigenvalue weighted by atomic mass is 9.97. The van der Waals surface area contributed by atoms with E-state index in [0.717, 1.165) is 30.8 Å². The molecule has 0 saturated carbocycles. The van der Waals surface area contributed by atoms with Crippen LogP contribution in [-0.4, -0.2) is 48.2 Å². The van der Waals surface area contributed by atoms with Gasteiger partial charge in [-0.1, -0.05) is 6.07 Å². The Hall–Kier alpha value is -3.34. The van der Waals surface area contributed by atoms with Gasteiger partial charge >= 0.3 is 6.18 Å². The third-order valence-electron chi connectivity index (χ3n) is 5.37. The summed E-state index contributed by atoms with van der Waals surface area (Å²) in [6, 6.07) is 7.49. The molecule has 3 aromatic rings. The Bertz CT molecular complexity index is 1150. The fourth-order valence-corrected chi connectivity index (χ4v) is 3.86. The molecule has 1 saturated heterocycles. The van der Waals surface area contributed by atoms with E-state index in [0.29, 0.717) is 18.2 Å². The van der Waals surface area contributed by atoms with Gasteiger partial charge in [0.1, 0.15) is 11.4 Å². The number of rotatable bonds is 5. The van der Waals surface area contributed by atoms with E-state index < -0.39 is 17.5 Å². The summed E-state index contributed by atoms with van der Waals surface area (Å²) in [6.45, 7) is 5.93. The highest BCUT2D eigenvalue weighted by Crippen LogP contribution is 2.32. The van der Waals surface area contributed by atoms with E-state index in [4.69, 9.17) is 0 Å². The molecule has 0 aliphatic carbocycles. The number of hydrogen-bond donors (Lipinski definition) is 2. The Morgan fingerprint density at radius 1 is 1.09 bits per heavy atom. The second-order valence-electron chi connectivity index (χ2n) is 8.50. The minimum absolute atomic E-state index is 0.0685. The van der Waals surface area contributed by atoms with Crippen molar-refractivity contribution in [2.24, 2.45) is 0 Å². The summed E-state index contributed by atoms with van der Waals surface area (Å²) in [5.74, 6) is 0.664. The molecule has 33 heavy (non-hydrogen) atoms. The molecular formula is C22H24F3N7O. The Morgan fingerprint density at radius 3 is 2.58 bits per heavy atom. The SMILES string of the molecule is Cc1cccc(-c2nc(Nc3ccnc(C(F)(F)F)c3)nc(N3CCC[C@@H]3C(C)(C)O)n2)n1. The molecule has 0 radical (unpaired) electrons. The van der Waals surface area contributed by atoms with Gasteiger partial charge in [0, 0.05) is 24.1 Å². The lowest BCUT2D eigenvalue weighted by Gasteiger charge is -2.33. The van der Waals surface area contributed by atoms with Gasteiger partial charge in [-0.3, -0.25) is 4.98 Å². The number of nitrogens with zero attached hydrogens (tertiary/aromatic N) is 6. The van der Waals surface area contributed by atoms with Crippen LogP contribution in [0.3, 0.4) is 0 Å². The molecular weight excluding hydrogens is 435 g/mol. The average molecular weight is 459 g/mol. The Balaban J connectivity index is 1.77. The topological polar surface area (TPSA) is 100.0 Å². The molecule has 4 heterocycles. The van der Waals surface area contributed by atoms with Gasteiger partial charge in [0.05, 0.1) is 11.6 Å².